The highest BCUT2D eigenvalue weighted by Crippen LogP contribution is 2.12. The molecule has 1 heterocycles. The van der Waals surface area contributed by atoms with E-state index in [4.69, 9.17) is 0 Å². The van der Waals surface area contributed by atoms with E-state index in [1.54, 1.807) is 12.1 Å². The molecule has 0 unspecified atom stereocenters. The quantitative estimate of drug-likeness (QED) is 0.750. The predicted octanol–water partition coefficient (Wildman–Crippen LogP) is 2.09. The van der Waals surface area contributed by atoms with Crippen LogP contribution in [0.3, 0.4) is 0 Å². The van der Waals surface area contributed by atoms with Crippen molar-refractivity contribution in [3.05, 3.63) is 66.0 Å². The molecule has 2 amide bonds. The molecule has 0 radical (unpaired) electrons. The first-order chi connectivity index (χ1) is 14.0. The molecular weight excluding hydrogens is 371 g/mol. The van der Waals surface area contributed by atoms with Crippen molar-refractivity contribution in [2.24, 2.45) is 0 Å². The lowest BCUT2D eigenvalue weighted by molar-refractivity contribution is -0.124. The van der Waals surface area contributed by atoms with Crippen molar-refractivity contribution < 1.29 is 14.0 Å². The third-order valence-corrected chi connectivity index (χ3v) is 5.13. The second-order valence-corrected chi connectivity index (χ2v) is 7.25. The summed E-state index contributed by atoms with van der Waals surface area (Å²) in [6.07, 6.45) is 0. The average molecular weight is 398 g/mol. The Hall–Kier alpha value is -2.77. The van der Waals surface area contributed by atoms with Crippen LogP contribution in [0.4, 0.5) is 10.1 Å². The molecular formula is C22H27FN4O2. The van der Waals surface area contributed by atoms with Crippen LogP contribution in [0.5, 0.6) is 0 Å². The van der Waals surface area contributed by atoms with Gasteiger partial charge < -0.3 is 10.6 Å². The van der Waals surface area contributed by atoms with Crippen LogP contribution in [-0.4, -0.2) is 60.4 Å². The van der Waals surface area contributed by atoms with Crippen LogP contribution in [0, 0.1) is 5.82 Å². The summed E-state index contributed by atoms with van der Waals surface area (Å²) < 4.78 is 13.3. The topological polar surface area (TPSA) is 64.7 Å². The molecule has 1 aliphatic heterocycles. The Labute approximate surface area is 170 Å². The van der Waals surface area contributed by atoms with Crippen molar-refractivity contribution >= 4 is 17.5 Å². The number of hydrogen-bond donors (Lipinski definition) is 2. The van der Waals surface area contributed by atoms with Crippen LogP contribution in [0.1, 0.15) is 12.5 Å². The highest BCUT2D eigenvalue weighted by Gasteiger charge is 2.26. The highest BCUT2D eigenvalue weighted by molar-refractivity contribution is 5.94. The van der Waals surface area contributed by atoms with E-state index < -0.39 is 0 Å². The van der Waals surface area contributed by atoms with Crippen LogP contribution in [-0.2, 0) is 16.1 Å². The first kappa shape index (κ1) is 21.0. The van der Waals surface area contributed by atoms with Crippen molar-refractivity contribution in [1.29, 1.82) is 0 Å². The van der Waals surface area contributed by atoms with Gasteiger partial charge in [0.05, 0.1) is 12.6 Å². The van der Waals surface area contributed by atoms with Gasteiger partial charge in [-0.3, -0.25) is 19.4 Å². The number of carbonyl (C=O) groups excluding carboxylic acids is 2. The molecule has 2 aromatic rings. The zero-order chi connectivity index (χ0) is 20.6. The van der Waals surface area contributed by atoms with Gasteiger partial charge in [0, 0.05) is 38.4 Å². The van der Waals surface area contributed by atoms with Crippen molar-refractivity contribution in [1.82, 2.24) is 15.1 Å². The molecule has 1 saturated heterocycles. The van der Waals surface area contributed by atoms with Crippen LogP contribution >= 0.6 is 0 Å². The minimum absolute atomic E-state index is 0.000742. The molecule has 7 heteroatoms. The Morgan fingerprint density at radius 2 is 1.76 bits per heavy atom. The Balaban J connectivity index is 1.40. The number of amides is 2. The molecule has 0 aliphatic carbocycles. The van der Waals surface area contributed by atoms with Crippen LogP contribution in [0.25, 0.3) is 0 Å². The normalized spacial score (nSPS) is 16.2. The zero-order valence-corrected chi connectivity index (χ0v) is 16.6. The van der Waals surface area contributed by atoms with E-state index >= 15 is 0 Å². The summed E-state index contributed by atoms with van der Waals surface area (Å²) in [7, 11) is 0. The van der Waals surface area contributed by atoms with Gasteiger partial charge in [-0.2, -0.15) is 0 Å². The van der Waals surface area contributed by atoms with Crippen LogP contribution in [0.15, 0.2) is 54.6 Å². The lowest BCUT2D eigenvalue weighted by atomic mass is 10.2. The van der Waals surface area contributed by atoms with E-state index in [1.807, 2.05) is 37.3 Å². The molecule has 3 rings (SSSR count). The first-order valence-electron chi connectivity index (χ1n) is 9.85. The fraction of sp³-hybridized carbons (Fsp3) is 0.364. The molecule has 2 N–H and O–H groups in total. The smallest absolute Gasteiger partial charge is 0.241 e. The van der Waals surface area contributed by atoms with Gasteiger partial charge in [-0.15, -0.1) is 0 Å². The number of nitrogens with one attached hydrogen (secondary N) is 2. The van der Waals surface area contributed by atoms with Crippen molar-refractivity contribution in [2.45, 2.75) is 19.5 Å². The van der Waals surface area contributed by atoms with E-state index in [2.05, 4.69) is 20.4 Å². The summed E-state index contributed by atoms with van der Waals surface area (Å²) >= 11 is 0. The third-order valence-electron chi connectivity index (χ3n) is 5.13. The molecule has 154 valence electrons. The molecule has 0 spiro atoms. The standard InChI is InChI=1S/C22H27FN4O2/c1-17(22(29)25-20-9-5-8-19(23)14-20)27-12-10-26(11-13-27)16-21(28)24-15-18-6-3-2-4-7-18/h2-9,14,17H,10-13,15-16H2,1H3,(H,24,28)(H,25,29)/t17-/m1/s1. The molecule has 29 heavy (non-hydrogen) atoms. The van der Waals surface area contributed by atoms with Gasteiger partial charge >= 0.3 is 0 Å². The number of nitrogens with zero attached hydrogens (tertiary/aromatic N) is 2. The summed E-state index contributed by atoms with van der Waals surface area (Å²) in [5.74, 6) is -0.543. The monoisotopic (exact) mass is 398 g/mol. The second kappa shape index (κ2) is 10.1. The van der Waals surface area contributed by atoms with Gasteiger partial charge in [-0.1, -0.05) is 36.4 Å². The largest absolute Gasteiger partial charge is 0.351 e. The van der Waals surface area contributed by atoms with Crippen LogP contribution in [0.2, 0.25) is 0 Å². The molecule has 0 aromatic heterocycles. The number of rotatable bonds is 7. The third kappa shape index (κ3) is 6.37. The maximum absolute atomic E-state index is 13.3. The number of hydrogen-bond acceptors (Lipinski definition) is 4. The summed E-state index contributed by atoms with van der Waals surface area (Å²) in [6, 6.07) is 15.4. The maximum Gasteiger partial charge on any atom is 0.241 e. The van der Waals surface area contributed by atoms with E-state index in [9.17, 15) is 14.0 Å². The van der Waals surface area contributed by atoms with Crippen molar-refractivity contribution in [3.8, 4) is 0 Å². The van der Waals surface area contributed by atoms with Gasteiger partial charge in [-0.05, 0) is 30.7 Å². The summed E-state index contributed by atoms with van der Waals surface area (Å²) in [5, 5.41) is 5.70. The fourth-order valence-electron chi connectivity index (χ4n) is 3.34. The van der Waals surface area contributed by atoms with E-state index in [1.165, 1.54) is 12.1 Å². The molecule has 0 bridgehead atoms. The molecule has 2 aromatic carbocycles. The molecule has 1 atom stereocenters. The van der Waals surface area contributed by atoms with Gasteiger partial charge in [0.25, 0.3) is 0 Å². The van der Waals surface area contributed by atoms with Gasteiger partial charge in [0.2, 0.25) is 11.8 Å². The van der Waals surface area contributed by atoms with E-state index in [0.29, 0.717) is 31.9 Å². The minimum Gasteiger partial charge on any atom is -0.351 e. The lowest BCUT2D eigenvalue weighted by Gasteiger charge is -2.37. The van der Waals surface area contributed by atoms with Crippen LogP contribution < -0.4 is 10.6 Å². The van der Waals surface area contributed by atoms with Gasteiger partial charge in [0.1, 0.15) is 5.82 Å². The molecule has 0 saturated carbocycles. The molecule has 1 aliphatic rings. The maximum atomic E-state index is 13.3. The van der Waals surface area contributed by atoms with E-state index in [-0.39, 0.29) is 23.7 Å². The number of halogens is 1. The van der Waals surface area contributed by atoms with E-state index in [0.717, 1.165) is 18.7 Å². The summed E-state index contributed by atoms with van der Waals surface area (Å²) in [4.78, 5) is 28.8. The number of benzene rings is 2. The second-order valence-electron chi connectivity index (χ2n) is 7.25. The molecule has 1 fully saturated rings. The predicted molar refractivity (Wildman–Crippen MR) is 111 cm³/mol. The number of carbonyl (C=O) groups is 2. The highest BCUT2D eigenvalue weighted by atomic mass is 19.1. The Kier molecular flexibility index (Phi) is 7.32. The summed E-state index contributed by atoms with van der Waals surface area (Å²) in [5.41, 5.74) is 1.53. The summed E-state index contributed by atoms with van der Waals surface area (Å²) in [6.45, 7) is 5.55. The minimum atomic E-state index is -0.380. The van der Waals surface area contributed by atoms with Crippen molar-refractivity contribution in [3.63, 3.8) is 0 Å². The average Bonchev–Trinajstić information content (AvgIpc) is 2.73. The lowest BCUT2D eigenvalue weighted by Crippen LogP contribution is -2.54. The molecule has 6 nitrogen and oxygen atoms in total. The first-order valence-corrected chi connectivity index (χ1v) is 9.85. The van der Waals surface area contributed by atoms with Gasteiger partial charge in [-0.25, -0.2) is 4.39 Å². The van der Waals surface area contributed by atoms with Crippen molar-refractivity contribution in [2.75, 3.05) is 38.0 Å². The fourth-order valence-corrected chi connectivity index (χ4v) is 3.34. The Morgan fingerprint density at radius 3 is 2.45 bits per heavy atom. The SMILES string of the molecule is C[C@H](C(=O)Nc1cccc(F)c1)N1CCN(CC(=O)NCc2ccccc2)CC1. The number of anilines is 1. The Bertz CT molecular complexity index is 823. The zero-order valence-electron chi connectivity index (χ0n) is 16.6. The van der Waals surface area contributed by atoms with Gasteiger partial charge in [0.15, 0.2) is 0 Å². The Morgan fingerprint density at radius 1 is 1.03 bits per heavy atom. The number of piperazine rings is 1.